The maximum absolute atomic E-state index is 12.9. The van der Waals surface area contributed by atoms with Crippen molar-refractivity contribution in [3.8, 4) is 5.75 Å². The summed E-state index contributed by atoms with van der Waals surface area (Å²) in [5.41, 5.74) is -0.618. The number of aromatic hydroxyl groups is 1. The molecule has 1 saturated heterocycles. The molecule has 3 heterocycles. The summed E-state index contributed by atoms with van der Waals surface area (Å²) in [6.45, 7) is 6.51. The van der Waals surface area contributed by atoms with Gasteiger partial charge in [-0.3, -0.25) is 14.2 Å². The van der Waals surface area contributed by atoms with Crippen molar-refractivity contribution in [2.24, 2.45) is 0 Å². The van der Waals surface area contributed by atoms with Gasteiger partial charge in [0.2, 0.25) is 0 Å². The molecule has 0 aromatic carbocycles. The van der Waals surface area contributed by atoms with Gasteiger partial charge in [-0.05, 0) is 44.6 Å². The van der Waals surface area contributed by atoms with Crippen LogP contribution in [0.15, 0.2) is 16.2 Å². The van der Waals surface area contributed by atoms with Gasteiger partial charge in [0.05, 0.1) is 5.39 Å². The fourth-order valence-corrected chi connectivity index (χ4v) is 4.68. The molecular formula is C19H27N3O4S. The molecule has 0 bridgehead atoms. The van der Waals surface area contributed by atoms with Crippen molar-refractivity contribution in [2.45, 2.75) is 45.2 Å². The first kappa shape index (κ1) is 19.9. The van der Waals surface area contributed by atoms with E-state index in [0.717, 1.165) is 38.9 Å². The smallest absolute Gasteiger partial charge is 0.268 e. The lowest BCUT2D eigenvalue weighted by Crippen LogP contribution is -2.46. The van der Waals surface area contributed by atoms with Crippen LogP contribution in [0.1, 0.15) is 49.5 Å². The number of fused-ring (bicyclic) bond motifs is 1. The highest BCUT2D eigenvalue weighted by Gasteiger charge is 2.27. The molecule has 1 fully saturated rings. The Hall–Kier alpha value is -1.90. The number of carbonyl (C=O) groups is 1. The molecule has 8 heteroatoms. The van der Waals surface area contributed by atoms with Gasteiger partial charge in [0.25, 0.3) is 11.5 Å². The number of hydrogen-bond acceptors (Lipinski definition) is 6. The van der Waals surface area contributed by atoms with Gasteiger partial charge >= 0.3 is 0 Å². The molecule has 0 unspecified atom stereocenters. The maximum Gasteiger partial charge on any atom is 0.268 e. The topological polar surface area (TPSA) is 94.8 Å². The number of nitrogens with zero attached hydrogens (tertiary/aromatic N) is 2. The normalized spacial score (nSPS) is 16.3. The van der Waals surface area contributed by atoms with Crippen LogP contribution in [-0.4, -0.2) is 57.9 Å². The molecule has 2 aromatic rings. The molecule has 3 N–H and O–H groups in total. The van der Waals surface area contributed by atoms with Crippen molar-refractivity contribution < 1.29 is 15.0 Å². The number of carbonyl (C=O) groups excluding carboxylic acids is 1. The first-order chi connectivity index (χ1) is 12.9. The molecule has 1 aliphatic heterocycles. The zero-order chi connectivity index (χ0) is 19.6. The van der Waals surface area contributed by atoms with Crippen LogP contribution in [0.2, 0.25) is 0 Å². The largest absolute Gasteiger partial charge is 0.506 e. The molecular weight excluding hydrogens is 366 g/mol. The Balaban J connectivity index is 1.80. The van der Waals surface area contributed by atoms with E-state index < -0.39 is 11.5 Å². The fraction of sp³-hybridized carbons (Fsp3) is 0.579. The number of aliphatic hydroxyl groups is 1. The Morgan fingerprint density at radius 1 is 1.37 bits per heavy atom. The van der Waals surface area contributed by atoms with E-state index in [1.54, 1.807) is 10.6 Å². The van der Waals surface area contributed by atoms with Crippen LogP contribution in [-0.2, 0) is 0 Å². The van der Waals surface area contributed by atoms with Gasteiger partial charge in [0, 0.05) is 38.3 Å². The summed E-state index contributed by atoms with van der Waals surface area (Å²) < 4.78 is 1.58. The highest BCUT2D eigenvalue weighted by atomic mass is 32.1. The third-order valence-electron chi connectivity index (χ3n) is 5.09. The predicted octanol–water partition coefficient (Wildman–Crippen LogP) is 1.93. The molecule has 1 aliphatic rings. The van der Waals surface area contributed by atoms with Crippen molar-refractivity contribution in [1.29, 1.82) is 0 Å². The number of amides is 1. The van der Waals surface area contributed by atoms with Gasteiger partial charge in [-0.25, -0.2) is 0 Å². The molecule has 0 spiro atoms. The van der Waals surface area contributed by atoms with Crippen molar-refractivity contribution in [3.05, 3.63) is 27.4 Å². The van der Waals surface area contributed by atoms with Gasteiger partial charge in [-0.2, -0.15) is 0 Å². The average molecular weight is 394 g/mol. The van der Waals surface area contributed by atoms with Crippen LogP contribution >= 0.6 is 11.3 Å². The fourth-order valence-electron chi connectivity index (χ4n) is 3.64. The Kier molecular flexibility index (Phi) is 6.18. The lowest BCUT2D eigenvalue weighted by molar-refractivity contribution is 0.0904. The number of nitrogens with one attached hydrogen (secondary N) is 1. The Labute approximate surface area is 162 Å². The lowest BCUT2D eigenvalue weighted by atomic mass is 10.0. The summed E-state index contributed by atoms with van der Waals surface area (Å²) in [4.78, 5) is 28.7. The van der Waals surface area contributed by atoms with E-state index in [1.165, 1.54) is 11.3 Å². The quantitative estimate of drug-likeness (QED) is 0.697. The predicted molar refractivity (Wildman–Crippen MR) is 107 cm³/mol. The van der Waals surface area contributed by atoms with Crippen LogP contribution in [0.3, 0.4) is 0 Å². The molecule has 1 amide bonds. The number of likely N-dealkylation sites (tertiary alicyclic amines) is 1. The third kappa shape index (κ3) is 4.02. The number of piperidine rings is 1. The molecule has 27 heavy (non-hydrogen) atoms. The average Bonchev–Trinajstić information content (AvgIpc) is 3.10. The number of pyridine rings is 1. The SMILES string of the molecule is CC(C)n1c(=O)c(C(=O)NC2CCN(CCCO)CC2)c(O)c2ccsc21. The van der Waals surface area contributed by atoms with Gasteiger partial charge in [-0.15, -0.1) is 11.3 Å². The molecule has 2 aromatic heterocycles. The van der Waals surface area contributed by atoms with Crippen molar-refractivity contribution in [1.82, 2.24) is 14.8 Å². The van der Waals surface area contributed by atoms with Gasteiger partial charge < -0.3 is 20.4 Å². The van der Waals surface area contributed by atoms with E-state index in [4.69, 9.17) is 5.11 Å². The van der Waals surface area contributed by atoms with Gasteiger partial charge in [0.15, 0.2) is 0 Å². The number of thiophene rings is 1. The summed E-state index contributed by atoms with van der Waals surface area (Å²) in [6, 6.07) is 1.61. The minimum Gasteiger partial charge on any atom is -0.506 e. The van der Waals surface area contributed by atoms with Crippen LogP contribution in [0.25, 0.3) is 10.2 Å². The minimum atomic E-state index is -0.506. The second-order valence-corrected chi connectivity index (χ2v) is 8.19. The number of hydrogen-bond donors (Lipinski definition) is 3. The van der Waals surface area contributed by atoms with Gasteiger partial charge in [0.1, 0.15) is 16.1 Å². The molecule has 7 nitrogen and oxygen atoms in total. The van der Waals surface area contributed by atoms with E-state index >= 15 is 0 Å². The summed E-state index contributed by atoms with van der Waals surface area (Å²) in [6.07, 6.45) is 2.33. The highest BCUT2D eigenvalue weighted by Crippen LogP contribution is 2.31. The molecule has 0 aliphatic carbocycles. The Morgan fingerprint density at radius 2 is 2.07 bits per heavy atom. The highest BCUT2D eigenvalue weighted by molar-refractivity contribution is 7.16. The van der Waals surface area contributed by atoms with Crippen molar-refractivity contribution in [3.63, 3.8) is 0 Å². The first-order valence-electron chi connectivity index (χ1n) is 9.42. The third-order valence-corrected chi connectivity index (χ3v) is 6.00. The monoisotopic (exact) mass is 393 g/mol. The Morgan fingerprint density at radius 3 is 2.70 bits per heavy atom. The number of aromatic nitrogens is 1. The zero-order valence-corrected chi connectivity index (χ0v) is 16.6. The minimum absolute atomic E-state index is 0.0210. The lowest BCUT2D eigenvalue weighted by Gasteiger charge is -2.32. The second kappa shape index (κ2) is 8.41. The molecule has 148 valence electrons. The van der Waals surface area contributed by atoms with E-state index in [0.29, 0.717) is 10.2 Å². The van der Waals surface area contributed by atoms with Crippen molar-refractivity contribution >= 4 is 27.5 Å². The summed E-state index contributed by atoms with van der Waals surface area (Å²) >= 11 is 1.38. The zero-order valence-electron chi connectivity index (χ0n) is 15.8. The van der Waals surface area contributed by atoms with Crippen LogP contribution in [0.4, 0.5) is 0 Å². The van der Waals surface area contributed by atoms with Crippen LogP contribution < -0.4 is 10.9 Å². The summed E-state index contributed by atoms with van der Waals surface area (Å²) in [5, 5.41) is 24.8. The molecule has 0 atom stereocenters. The standard InChI is InChI=1S/C19H27N3O4S/c1-12(2)22-18(26)15(16(24)14-6-11-27-19(14)22)17(25)20-13-4-8-21(9-5-13)7-3-10-23/h6,11-13,23-24H,3-5,7-10H2,1-2H3,(H,20,25). The van der Waals surface area contributed by atoms with Crippen LogP contribution in [0.5, 0.6) is 5.75 Å². The van der Waals surface area contributed by atoms with E-state index in [9.17, 15) is 14.7 Å². The van der Waals surface area contributed by atoms with Crippen LogP contribution in [0, 0.1) is 0 Å². The Bertz CT molecular complexity index is 866. The summed E-state index contributed by atoms with van der Waals surface area (Å²) in [5.74, 6) is -0.736. The molecule has 3 rings (SSSR count). The van der Waals surface area contributed by atoms with Crippen molar-refractivity contribution in [2.75, 3.05) is 26.2 Å². The number of rotatable bonds is 6. The van der Waals surface area contributed by atoms with E-state index in [-0.39, 0.29) is 30.0 Å². The summed E-state index contributed by atoms with van der Waals surface area (Å²) in [7, 11) is 0. The number of aliphatic hydroxyl groups excluding tert-OH is 1. The second-order valence-electron chi connectivity index (χ2n) is 7.30. The van der Waals surface area contributed by atoms with Gasteiger partial charge in [-0.1, -0.05) is 0 Å². The maximum atomic E-state index is 12.9. The molecule has 0 saturated carbocycles. The molecule has 0 radical (unpaired) electrons. The first-order valence-corrected chi connectivity index (χ1v) is 10.3. The van der Waals surface area contributed by atoms with E-state index in [2.05, 4.69) is 10.2 Å². The van der Waals surface area contributed by atoms with E-state index in [1.807, 2.05) is 19.2 Å².